The second-order valence-corrected chi connectivity index (χ2v) is 3.36. The Morgan fingerprint density at radius 3 is 1.89 bits per heavy atom. The summed E-state index contributed by atoms with van der Waals surface area (Å²) < 4.78 is 15.1. The third-order valence-electron chi connectivity index (χ3n) is 2.01. The van der Waals surface area contributed by atoms with Gasteiger partial charge in [-0.1, -0.05) is 0 Å². The molecular formula is C11H23NO6. The highest BCUT2D eigenvalue weighted by molar-refractivity contribution is 5.67. The van der Waals surface area contributed by atoms with E-state index in [0.717, 1.165) is 0 Å². The van der Waals surface area contributed by atoms with Crippen molar-refractivity contribution in [3.63, 3.8) is 0 Å². The first-order valence-electron chi connectivity index (χ1n) is 6.05. The molecule has 0 aliphatic carbocycles. The summed E-state index contributed by atoms with van der Waals surface area (Å²) >= 11 is 0. The van der Waals surface area contributed by atoms with Gasteiger partial charge in [0.05, 0.1) is 46.2 Å². The van der Waals surface area contributed by atoms with Crippen LogP contribution in [0.3, 0.4) is 0 Å². The van der Waals surface area contributed by atoms with Crippen LogP contribution in [0.5, 0.6) is 0 Å². The van der Waals surface area contributed by atoms with Crippen molar-refractivity contribution in [1.82, 2.24) is 4.90 Å². The summed E-state index contributed by atoms with van der Waals surface area (Å²) in [5.74, 6) is 0. The van der Waals surface area contributed by atoms with E-state index in [1.54, 1.807) is 6.92 Å². The van der Waals surface area contributed by atoms with Gasteiger partial charge in [0.15, 0.2) is 0 Å². The van der Waals surface area contributed by atoms with Gasteiger partial charge in [0, 0.05) is 13.1 Å². The van der Waals surface area contributed by atoms with Crippen LogP contribution in [0.25, 0.3) is 0 Å². The van der Waals surface area contributed by atoms with Crippen LogP contribution in [0.2, 0.25) is 0 Å². The predicted molar refractivity (Wildman–Crippen MR) is 64.4 cm³/mol. The van der Waals surface area contributed by atoms with E-state index < -0.39 is 6.09 Å². The van der Waals surface area contributed by atoms with Gasteiger partial charge in [0.2, 0.25) is 0 Å². The molecule has 0 aliphatic heterocycles. The van der Waals surface area contributed by atoms with E-state index in [0.29, 0.717) is 32.9 Å². The first kappa shape index (κ1) is 17.1. The zero-order valence-corrected chi connectivity index (χ0v) is 10.8. The minimum Gasteiger partial charge on any atom is -0.450 e. The van der Waals surface area contributed by atoms with E-state index in [1.807, 2.05) is 0 Å². The summed E-state index contributed by atoms with van der Waals surface area (Å²) in [6, 6.07) is 0. The number of ether oxygens (including phenoxy) is 3. The molecule has 0 aromatic heterocycles. The van der Waals surface area contributed by atoms with Crippen molar-refractivity contribution < 1.29 is 29.2 Å². The fourth-order valence-electron chi connectivity index (χ4n) is 1.19. The number of carbonyl (C=O) groups is 1. The maximum atomic E-state index is 11.6. The number of rotatable bonds is 11. The highest BCUT2D eigenvalue weighted by atomic mass is 16.6. The van der Waals surface area contributed by atoms with E-state index in [-0.39, 0.29) is 26.4 Å². The molecule has 0 heterocycles. The fourth-order valence-corrected chi connectivity index (χ4v) is 1.19. The molecule has 2 N–H and O–H groups in total. The summed E-state index contributed by atoms with van der Waals surface area (Å²) in [6.45, 7) is 3.87. The molecule has 0 aromatic rings. The van der Waals surface area contributed by atoms with E-state index in [1.165, 1.54) is 4.90 Å². The largest absolute Gasteiger partial charge is 0.450 e. The Labute approximate surface area is 107 Å². The van der Waals surface area contributed by atoms with Crippen LogP contribution < -0.4 is 0 Å². The molecule has 7 nitrogen and oxygen atoms in total. The van der Waals surface area contributed by atoms with Crippen LogP contribution in [0, 0.1) is 0 Å². The Kier molecular flexibility index (Phi) is 11.9. The van der Waals surface area contributed by atoms with Crippen molar-refractivity contribution in [1.29, 1.82) is 0 Å². The van der Waals surface area contributed by atoms with Gasteiger partial charge in [0.1, 0.15) is 0 Å². The van der Waals surface area contributed by atoms with E-state index in [9.17, 15) is 4.79 Å². The van der Waals surface area contributed by atoms with Crippen molar-refractivity contribution in [2.45, 2.75) is 6.92 Å². The average Bonchev–Trinajstić information content (AvgIpc) is 2.37. The molecular weight excluding hydrogens is 242 g/mol. The Hall–Kier alpha value is -0.890. The van der Waals surface area contributed by atoms with Crippen LogP contribution in [-0.4, -0.2) is 80.5 Å². The molecule has 0 aromatic carbocycles. The first-order chi connectivity index (χ1) is 8.76. The molecule has 0 saturated carbocycles. The van der Waals surface area contributed by atoms with Gasteiger partial charge in [-0.15, -0.1) is 0 Å². The standard InChI is InChI=1S/C11H23NO6/c1-2-18-11(15)12(3-7-16-9-5-13)4-8-17-10-6-14/h13-14H,2-10H2,1H3. The lowest BCUT2D eigenvalue weighted by Crippen LogP contribution is -2.37. The van der Waals surface area contributed by atoms with Gasteiger partial charge in [-0.3, -0.25) is 0 Å². The van der Waals surface area contributed by atoms with E-state index in [4.69, 9.17) is 24.4 Å². The lowest BCUT2D eigenvalue weighted by molar-refractivity contribution is 0.0424. The molecule has 0 saturated heterocycles. The third-order valence-corrected chi connectivity index (χ3v) is 2.01. The molecule has 0 rings (SSSR count). The monoisotopic (exact) mass is 265 g/mol. The SMILES string of the molecule is CCOC(=O)N(CCOCCO)CCOCCO. The molecule has 0 bridgehead atoms. The number of aliphatic hydroxyl groups is 2. The molecule has 0 spiro atoms. The van der Waals surface area contributed by atoms with Crippen LogP contribution in [0.15, 0.2) is 0 Å². The Bertz CT molecular complexity index is 190. The van der Waals surface area contributed by atoms with Crippen LogP contribution >= 0.6 is 0 Å². The molecule has 7 heteroatoms. The maximum absolute atomic E-state index is 11.6. The van der Waals surface area contributed by atoms with Gasteiger partial charge < -0.3 is 29.3 Å². The number of hydrogen-bond donors (Lipinski definition) is 2. The van der Waals surface area contributed by atoms with Crippen LogP contribution in [0.4, 0.5) is 4.79 Å². The van der Waals surface area contributed by atoms with E-state index in [2.05, 4.69) is 0 Å². The van der Waals surface area contributed by atoms with Gasteiger partial charge in [-0.2, -0.15) is 0 Å². The van der Waals surface area contributed by atoms with Crippen molar-refractivity contribution in [3.05, 3.63) is 0 Å². The average molecular weight is 265 g/mol. The van der Waals surface area contributed by atoms with Gasteiger partial charge in [-0.25, -0.2) is 4.79 Å². The van der Waals surface area contributed by atoms with Crippen LogP contribution in [-0.2, 0) is 14.2 Å². The highest BCUT2D eigenvalue weighted by Crippen LogP contribution is 1.95. The zero-order chi connectivity index (χ0) is 13.6. The summed E-state index contributed by atoms with van der Waals surface area (Å²) in [4.78, 5) is 13.0. The number of nitrogens with zero attached hydrogens (tertiary/aromatic N) is 1. The van der Waals surface area contributed by atoms with Crippen LogP contribution in [0.1, 0.15) is 6.92 Å². The Morgan fingerprint density at radius 2 is 1.50 bits per heavy atom. The minimum absolute atomic E-state index is 0.0426. The highest BCUT2D eigenvalue weighted by Gasteiger charge is 2.13. The van der Waals surface area contributed by atoms with Gasteiger partial charge in [0.25, 0.3) is 0 Å². The van der Waals surface area contributed by atoms with Crippen molar-refractivity contribution in [2.75, 3.05) is 59.3 Å². The smallest absolute Gasteiger partial charge is 0.409 e. The molecule has 0 fully saturated rings. The Balaban J connectivity index is 3.88. The van der Waals surface area contributed by atoms with E-state index >= 15 is 0 Å². The van der Waals surface area contributed by atoms with Crippen molar-refractivity contribution in [2.24, 2.45) is 0 Å². The number of carbonyl (C=O) groups excluding carboxylic acids is 1. The zero-order valence-electron chi connectivity index (χ0n) is 10.8. The summed E-state index contributed by atoms with van der Waals surface area (Å²) in [6.07, 6.45) is -0.419. The number of amides is 1. The molecule has 1 amide bonds. The third kappa shape index (κ3) is 9.17. The molecule has 0 aliphatic rings. The molecule has 18 heavy (non-hydrogen) atoms. The van der Waals surface area contributed by atoms with Crippen molar-refractivity contribution in [3.8, 4) is 0 Å². The van der Waals surface area contributed by atoms with Gasteiger partial charge >= 0.3 is 6.09 Å². The molecule has 0 atom stereocenters. The summed E-state index contributed by atoms with van der Waals surface area (Å²) in [7, 11) is 0. The lowest BCUT2D eigenvalue weighted by Gasteiger charge is -2.21. The summed E-state index contributed by atoms with van der Waals surface area (Å²) in [5, 5.41) is 17.1. The normalized spacial score (nSPS) is 10.4. The topological polar surface area (TPSA) is 88.5 Å². The Morgan fingerprint density at radius 1 is 1.00 bits per heavy atom. The maximum Gasteiger partial charge on any atom is 0.409 e. The summed E-state index contributed by atoms with van der Waals surface area (Å²) in [5.41, 5.74) is 0. The van der Waals surface area contributed by atoms with Gasteiger partial charge in [-0.05, 0) is 6.92 Å². The second kappa shape index (κ2) is 12.6. The predicted octanol–water partition coefficient (Wildman–Crippen LogP) is -0.537. The number of hydrogen-bond acceptors (Lipinski definition) is 6. The molecule has 108 valence electrons. The quantitative estimate of drug-likeness (QED) is 0.488. The number of aliphatic hydroxyl groups excluding tert-OH is 2. The second-order valence-electron chi connectivity index (χ2n) is 3.36. The molecule has 0 radical (unpaired) electrons. The minimum atomic E-state index is -0.419. The van der Waals surface area contributed by atoms with Crippen molar-refractivity contribution >= 4 is 6.09 Å². The lowest BCUT2D eigenvalue weighted by atomic mass is 10.5. The first-order valence-corrected chi connectivity index (χ1v) is 6.05. The fraction of sp³-hybridized carbons (Fsp3) is 0.909. The molecule has 0 unspecified atom stereocenters.